The number of aromatic amines is 1. The number of nitrogens with one attached hydrogen (secondary N) is 1. The Kier molecular flexibility index (Phi) is 5.67. The zero-order valence-corrected chi connectivity index (χ0v) is 18.2. The summed E-state index contributed by atoms with van der Waals surface area (Å²) in [6, 6.07) is 2.34. The second kappa shape index (κ2) is 8.59. The second-order valence-electron chi connectivity index (χ2n) is 9.05. The fourth-order valence-electron chi connectivity index (χ4n) is 5.36. The van der Waals surface area contributed by atoms with Crippen molar-refractivity contribution in [2.24, 2.45) is 5.92 Å². The first-order valence-corrected chi connectivity index (χ1v) is 11.4. The third-order valence-electron chi connectivity index (χ3n) is 7.00. The molecule has 4 heterocycles. The topological polar surface area (TPSA) is 82.9 Å². The van der Waals surface area contributed by atoms with Gasteiger partial charge in [-0.15, -0.1) is 0 Å². The maximum Gasteiger partial charge on any atom is 0.276 e. The third-order valence-corrected chi connectivity index (χ3v) is 7.00. The summed E-state index contributed by atoms with van der Waals surface area (Å²) >= 11 is 0. The summed E-state index contributed by atoms with van der Waals surface area (Å²) in [5, 5.41) is 3.36. The van der Waals surface area contributed by atoms with Gasteiger partial charge in [0.1, 0.15) is 6.61 Å². The molecule has 31 heavy (non-hydrogen) atoms. The number of ether oxygens (including phenoxy) is 1. The summed E-state index contributed by atoms with van der Waals surface area (Å²) < 4.78 is 6.57. The highest BCUT2D eigenvalue weighted by atomic mass is 16.5. The van der Waals surface area contributed by atoms with Crippen LogP contribution in [-0.4, -0.2) is 63.7 Å². The van der Waals surface area contributed by atoms with Crippen LogP contribution in [0.15, 0.2) is 23.0 Å². The minimum atomic E-state index is -0.0657. The molecule has 8 nitrogen and oxygen atoms in total. The first-order valence-electron chi connectivity index (χ1n) is 11.4. The molecule has 0 bridgehead atoms. The number of carbonyl (C=O) groups is 1. The Morgan fingerprint density at radius 2 is 2.19 bits per heavy atom. The van der Waals surface area contributed by atoms with Crippen molar-refractivity contribution in [1.29, 1.82) is 0 Å². The smallest absolute Gasteiger partial charge is 0.276 e. The number of methoxy groups -OCH3 is 1. The molecular weight excluding hydrogens is 394 g/mol. The van der Waals surface area contributed by atoms with E-state index in [-0.39, 0.29) is 18.1 Å². The van der Waals surface area contributed by atoms with Crippen LogP contribution in [0.3, 0.4) is 0 Å². The van der Waals surface area contributed by atoms with Crippen molar-refractivity contribution in [2.75, 3.05) is 33.4 Å². The van der Waals surface area contributed by atoms with E-state index in [9.17, 15) is 9.59 Å². The number of carbonyl (C=O) groups excluding carboxylic acids is 1. The molecule has 2 aromatic rings. The monoisotopic (exact) mass is 425 g/mol. The van der Waals surface area contributed by atoms with E-state index in [0.717, 1.165) is 31.1 Å². The average molecular weight is 426 g/mol. The predicted molar refractivity (Wildman–Crippen MR) is 117 cm³/mol. The normalized spacial score (nSPS) is 24.1. The molecule has 0 aromatic carbocycles. The van der Waals surface area contributed by atoms with Gasteiger partial charge in [-0.3, -0.25) is 19.6 Å². The Labute approximate surface area is 181 Å². The molecule has 166 valence electrons. The lowest BCUT2D eigenvalue weighted by Crippen LogP contribution is -2.41. The van der Waals surface area contributed by atoms with Gasteiger partial charge in [0, 0.05) is 31.8 Å². The van der Waals surface area contributed by atoms with Gasteiger partial charge in [0.15, 0.2) is 5.65 Å². The van der Waals surface area contributed by atoms with Gasteiger partial charge in [0.2, 0.25) is 5.91 Å². The molecule has 0 saturated carbocycles. The number of nitrogens with zero attached hydrogens (tertiary/aromatic N) is 4. The van der Waals surface area contributed by atoms with Gasteiger partial charge in [0.05, 0.1) is 24.0 Å². The Hall–Kier alpha value is -2.45. The van der Waals surface area contributed by atoms with Crippen molar-refractivity contribution in [3.05, 3.63) is 45.5 Å². The van der Waals surface area contributed by atoms with Crippen LogP contribution in [-0.2, 0) is 22.5 Å². The zero-order chi connectivity index (χ0) is 21.4. The maximum atomic E-state index is 13.1. The number of likely N-dealkylation sites (tertiary alicyclic amines) is 1. The molecule has 8 heteroatoms. The number of rotatable bonds is 5. The van der Waals surface area contributed by atoms with E-state index in [0.29, 0.717) is 42.5 Å². The number of allylic oxidation sites excluding steroid dienone is 2. The highest BCUT2D eigenvalue weighted by Gasteiger charge is 2.31. The van der Waals surface area contributed by atoms with Crippen molar-refractivity contribution in [3.63, 3.8) is 0 Å². The molecule has 2 atom stereocenters. The van der Waals surface area contributed by atoms with Crippen LogP contribution in [0.5, 0.6) is 0 Å². The molecule has 5 rings (SSSR count). The summed E-state index contributed by atoms with van der Waals surface area (Å²) in [4.78, 5) is 34.4. The maximum absolute atomic E-state index is 13.1. The van der Waals surface area contributed by atoms with E-state index < -0.39 is 0 Å². The van der Waals surface area contributed by atoms with Gasteiger partial charge in [0.25, 0.3) is 5.56 Å². The quantitative estimate of drug-likeness (QED) is 0.742. The van der Waals surface area contributed by atoms with E-state index in [1.807, 2.05) is 6.07 Å². The fraction of sp³-hybridized carbons (Fsp3) is 0.609. The lowest BCUT2D eigenvalue weighted by atomic mass is 9.93. The van der Waals surface area contributed by atoms with Crippen LogP contribution in [0.1, 0.15) is 55.1 Å². The largest absolute Gasteiger partial charge is 0.375 e. The van der Waals surface area contributed by atoms with Gasteiger partial charge in [-0.05, 0) is 51.0 Å². The summed E-state index contributed by atoms with van der Waals surface area (Å²) in [6.45, 7) is 3.17. The molecule has 0 spiro atoms. The summed E-state index contributed by atoms with van der Waals surface area (Å²) in [5.74, 6) is 0.655. The van der Waals surface area contributed by atoms with Gasteiger partial charge in [-0.25, -0.2) is 9.50 Å². The minimum Gasteiger partial charge on any atom is -0.375 e. The summed E-state index contributed by atoms with van der Waals surface area (Å²) in [6.07, 6.45) is 11.0. The van der Waals surface area contributed by atoms with Crippen molar-refractivity contribution in [1.82, 2.24) is 24.4 Å². The van der Waals surface area contributed by atoms with Crippen LogP contribution in [0.25, 0.3) is 5.65 Å². The number of hydrogen-bond acceptors (Lipinski definition) is 5. The molecule has 1 N–H and O–H groups in total. The van der Waals surface area contributed by atoms with Gasteiger partial charge >= 0.3 is 0 Å². The molecular formula is C23H31N5O3. The zero-order valence-electron chi connectivity index (χ0n) is 18.2. The first-order chi connectivity index (χ1) is 15.1. The minimum absolute atomic E-state index is 0.0351. The molecule has 1 aliphatic carbocycles. The van der Waals surface area contributed by atoms with Crippen LogP contribution < -0.4 is 5.56 Å². The van der Waals surface area contributed by atoms with Crippen LogP contribution in [0.4, 0.5) is 0 Å². The molecule has 1 saturated heterocycles. The summed E-state index contributed by atoms with van der Waals surface area (Å²) in [5.41, 5.74) is 3.11. The fourth-order valence-corrected chi connectivity index (χ4v) is 5.36. The molecule has 1 fully saturated rings. The Balaban J connectivity index is 1.40. The Bertz CT molecular complexity index is 1060. The lowest BCUT2D eigenvalue weighted by molar-refractivity contribution is -0.136. The van der Waals surface area contributed by atoms with Crippen molar-refractivity contribution < 1.29 is 9.53 Å². The first kappa shape index (κ1) is 20.5. The lowest BCUT2D eigenvalue weighted by Gasteiger charge is -2.29. The number of hydrogen-bond donors (Lipinski definition) is 1. The molecule has 3 aliphatic rings. The van der Waals surface area contributed by atoms with Gasteiger partial charge in [-0.1, -0.05) is 12.2 Å². The highest BCUT2D eigenvalue weighted by molar-refractivity contribution is 5.77. The molecule has 1 amide bonds. The number of aromatic nitrogens is 3. The predicted octanol–water partition coefficient (Wildman–Crippen LogP) is 2.05. The molecule has 2 aliphatic heterocycles. The van der Waals surface area contributed by atoms with Crippen molar-refractivity contribution >= 4 is 11.6 Å². The van der Waals surface area contributed by atoms with E-state index in [2.05, 4.69) is 22.2 Å². The van der Waals surface area contributed by atoms with Crippen molar-refractivity contribution in [3.8, 4) is 0 Å². The van der Waals surface area contributed by atoms with E-state index >= 15 is 0 Å². The van der Waals surface area contributed by atoms with E-state index in [1.54, 1.807) is 9.42 Å². The highest BCUT2D eigenvalue weighted by Crippen LogP contribution is 2.33. The van der Waals surface area contributed by atoms with Crippen LogP contribution in [0, 0.1) is 5.92 Å². The Morgan fingerprint density at radius 3 is 3.00 bits per heavy atom. The Morgan fingerprint density at radius 1 is 1.29 bits per heavy atom. The van der Waals surface area contributed by atoms with Crippen molar-refractivity contribution in [2.45, 2.75) is 51.1 Å². The van der Waals surface area contributed by atoms with Crippen LogP contribution >= 0.6 is 0 Å². The summed E-state index contributed by atoms with van der Waals surface area (Å²) in [7, 11) is 1.52. The number of amides is 1. The molecule has 0 radical (unpaired) electrons. The standard InChI is InChI=1S/C23H31N5O3/c1-31-15-22(29)27-11-9-17-19(14-27)24-21-12-18(25-28(21)23(17)30)20-8-5-10-26(20)13-16-6-3-2-4-7-16/h2-3,12,16,20,25H,4-11,13-15H2,1H3/t16-,20-/m0/s1. The van der Waals surface area contributed by atoms with Crippen LogP contribution in [0.2, 0.25) is 0 Å². The molecule has 2 aromatic heterocycles. The van der Waals surface area contributed by atoms with Gasteiger partial charge in [-0.2, -0.15) is 0 Å². The van der Waals surface area contributed by atoms with E-state index in [4.69, 9.17) is 9.72 Å². The SMILES string of the molecule is COCC(=O)N1CCc2c(nc3cc([C@@H]4CCCN4C[C@H]4CC=CCC4)[nH]n3c2=O)C1. The third kappa shape index (κ3) is 3.94. The molecule has 0 unspecified atom stereocenters. The number of H-pyrrole nitrogens is 1. The second-order valence-corrected chi connectivity index (χ2v) is 9.05. The van der Waals surface area contributed by atoms with E-state index in [1.165, 1.54) is 32.8 Å². The number of fused-ring (bicyclic) bond motifs is 2. The van der Waals surface area contributed by atoms with Gasteiger partial charge < -0.3 is 9.64 Å². The average Bonchev–Trinajstić information content (AvgIpc) is 3.41.